The SMILES string of the molecule is CCc1ccc(C(=O)NC(C)(C)c2noc(CN(C)C)n2)o1. The molecule has 2 aromatic rings. The number of aryl methyl sites for hydroxylation is 1. The summed E-state index contributed by atoms with van der Waals surface area (Å²) in [6, 6.07) is 3.46. The maximum atomic E-state index is 12.2. The summed E-state index contributed by atoms with van der Waals surface area (Å²) in [5.74, 6) is 1.69. The summed E-state index contributed by atoms with van der Waals surface area (Å²) in [4.78, 5) is 18.5. The molecule has 0 fully saturated rings. The summed E-state index contributed by atoms with van der Waals surface area (Å²) >= 11 is 0. The zero-order valence-electron chi connectivity index (χ0n) is 13.6. The van der Waals surface area contributed by atoms with E-state index in [4.69, 9.17) is 8.94 Å². The van der Waals surface area contributed by atoms with Crippen LogP contribution in [-0.4, -0.2) is 35.0 Å². The molecule has 0 bridgehead atoms. The average Bonchev–Trinajstić information content (AvgIpc) is 3.05. The van der Waals surface area contributed by atoms with Gasteiger partial charge in [-0.15, -0.1) is 0 Å². The molecular formula is C15H22N4O3. The number of rotatable bonds is 6. The van der Waals surface area contributed by atoms with Crippen molar-refractivity contribution in [2.75, 3.05) is 14.1 Å². The summed E-state index contributed by atoms with van der Waals surface area (Å²) in [6.45, 7) is 6.16. The van der Waals surface area contributed by atoms with Crippen LogP contribution in [0.2, 0.25) is 0 Å². The maximum Gasteiger partial charge on any atom is 0.287 e. The Morgan fingerprint density at radius 3 is 2.68 bits per heavy atom. The van der Waals surface area contributed by atoms with Crippen molar-refractivity contribution in [3.8, 4) is 0 Å². The molecule has 120 valence electrons. The van der Waals surface area contributed by atoms with Gasteiger partial charge >= 0.3 is 0 Å². The summed E-state index contributed by atoms with van der Waals surface area (Å²) in [5.41, 5.74) is -0.760. The predicted octanol–water partition coefficient (Wildman–Crippen LogP) is 1.95. The molecule has 7 heteroatoms. The fourth-order valence-corrected chi connectivity index (χ4v) is 1.93. The summed E-state index contributed by atoms with van der Waals surface area (Å²) in [6.07, 6.45) is 0.745. The topological polar surface area (TPSA) is 84.4 Å². The Labute approximate surface area is 129 Å². The number of aromatic nitrogens is 2. The number of nitrogens with zero attached hydrogens (tertiary/aromatic N) is 3. The minimum atomic E-state index is -0.760. The van der Waals surface area contributed by atoms with Gasteiger partial charge in [-0.1, -0.05) is 12.1 Å². The molecular weight excluding hydrogens is 284 g/mol. The molecule has 0 unspecified atom stereocenters. The average molecular weight is 306 g/mol. The number of amides is 1. The van der Waals surface area contributed by atoms with Gasteiger partial charge in [0, 0.05) is 6.42 Å². The number of furan rings is 1. The lowest BCUT2D eigenvalue weighted by atomic mass is 10.0. The summed E-state index contributed by atoms with van der Waals surface area (Å²) in [5, 5.41) is 6.81. The minimum absolute atomic E-state index is 0.280. The molecule has 0 aromatic carbocycles. The number of nitrogens with one attached hydrogen (secondary N) is 1. The smallest absolute Gasteiger partial charge is 0.287 e. The lowest BCUT2D eigenvalue weighted by Gasteiger charge is -2.21. The third kappa shape index (κ3) is 3.73. The molecule has 2 rings (SSSR count). The van der Waals surface area contributed by atoms with Crippen molar-refractivity contribution in [1.82, 2.24) is 20.4 Å². The van der Waals surface area contributed by atoms with Crippen LogP contribution in [0.3, 0.4) is 0 Å². The molecule has 0 aliphatic rings. The normalized spacial score (nSPS) is 11.9. The summed E-state index contributed by atoms with van der Waals surface area (Å²) < 4.78 is 10.6. The van der Waals surface area contributed by atoms with Gasteiger partial charge in [-0.25, -0.2) is 0 Å². The molecule has 0 saturated carbocycles. The lowest BCUT2D eigenvalue weighted by Crippen LogP contribution is -2.41. The fraction of sp³-hybridized carbons (Fsp3) is 0.533. The Morgan fingerprint density at radius 2 is 2.09 bits per heavy atom. The van der Waals surface area contributed by atoms with Gasteiger partial charge in [0.2, 0.25) is 5.89 Å². The first kappa shape index (κ1) is 16.2. The van der Waals surface area contributed by atoms with E-state index in [0.717, 1.165) is 12.2 Å². The molecule has 7 nitrogen and oxygen atoms in total. The molecule has 0 radical (unpaired) electrons. The minimum Gasteiger partial charge on any atom is -0.456 e. The van der Waals surface area contributed by atoms with Gasteiger partial charge in [0.15, 0.2) is 11.6 Å². The van der Waals surface area contributed by atoms with Crippen LogP contribution in [0.4, 0.5) is 0 Å². The summed E-state index contributed by atoms with van der Waals surface area (Å²) in [7, 11) is 3.83. The highest BCUT2D eigenvalue weighted by atomic mass is 16.5. The Bertz CT molecular complexity index is 643. The zero-order chi connectivity index (χ0) is 16.3. The molecule has 1 N–H and O–H groups in total. The van der Waals surface area contributed by atoms with Crippen LogP contribution in [0.15, 0.2) is 21.1 Å². The van der Waals surface area contributed by atoms with Crippen LogP contribution in [0.25, 0.3) is 0 Å². The maximum absolute atomic E-state index is 12.2. The third-order valence-corrected chi connectivity index (χ3v) is 3.14. The standard InChI is InChI=1S/C15H22N4O3/c1-6-10-7-8-11(21-10)13(20)17-15(2,3)14-16-12(22-18-14)9-19(4)5/h7-8H,6,9H2,1-5H3,(H,17,20). The highest BCUT2D eigenvalue weighted by Crippen LogP contribution is 2.18. The first-order chi connectivity index (χ1) is 10.3. The van der Waals surface area contributed by atoms with Crippen molar-refractivity contribution < 1.29 is 13.7 Å². The highest BCUT2D eigenvalue weighted by Gasteiger charge is 2.30. The predicted molar refractivity (Wildman–Crippen MR) is 80.3 cm³/mol. The van der Waals surface area contributed by atoms with E-state index in [1.54, 1.807) is 12.1 Å². The second kappa shape index (κ2) is 6.31. The Balaban J connectivity index is 2.09. The van der Waals surface area contributed by atoms with Gasteiger partial charge < -0.3 is 19.2 Å². The molecule has 0 saturated heterocycles. The monoisotopic (exact) mass is 306 g/mol. The number of hydrogen-bond donors (Lipinski definition) is 1. The molecule has 2 aromatic heterocycles. The first-order valence-electron chi connectivity index (χ1n) is 7.21. The Kier molecular flexibility index (Phi) is 4.65. The highest BCUT2D eigenvalue weighted by molar-refractivity contribution is 5.92. The second-order valence-electron chi connectivity index (χ2n) is 5.95. The number of carbonyl (C=O) groups is 1. The van der Waals surface area contributed by atoms with Gasteiger partial charge in [0.05, 0.1) is 12.1 Å². The van der Waals surface area contributed by atoms with E-state index in [1.807, 2.05) is 39.8 Å². The Hall–Kier alpha value is -2.15. The number of carbonyl (C=O) groups excluding carboxylic acids is 1. The van der Waals surface area contributed by atoms with Gasteiger partial charge in [0.1, 0.15) is 5.76 Å². The largest absolute Gasteiger partial charge is 0.456 e. The first-order valence-corrected chi connectivity index (χ1v) is 7.21. The molecule has 0 aliphatic carbocycles. The van der Waals surface area contributed by atoms with Crippen LogP contribution in [0.5, 0.6) is 0 Å². The van der Waals surface area contributed by atoms with E-state index in [-0.39, 0.29) is 11.7 Å². The van der Waals surface area contributed by atoms with Crippen molar-refractivity contribution >= 4 is 5.91 Å². The van der Waals surface area contributed by atoms with E-state index >= 15 is 0 Å². The van der Waals surface area contributed by atoms with E-state index in [0.29, 0.717) is 18.3 Å². The lowest BCUT2D eigenvalue weighted by molar-refractivity contribution is 0.0877. The van der Waals surface area contributed by atoms with Gasteiger partial charge in [-0.2, -0.15) is 4.98 Å². The van der Waals surface area contributed by atoms with Crippen molar-refractivity contribution in [1.29, 1.82) is 0 Å². The van der Waals surface area contributed by atoms with E-state index in [2.05, 4.69) is 15.5 Å². The third-order valence-electron chi connectivity index (χ3n) is 3.14. The molecule has 0 atom stereocenters. The van der Waals surface area contributed by atoms with Crippen LogP contribution >= 0.6 is 0 Å². The van der Waals surface area contributed by atoms with Crippen molar-refractivity contribution in [2.45, 2.75) is 39.3 Å². The molecule has 2 heterocycles. The van der Waals surface area contributed by atoms with E-state index in [1.165, 1.54) is 0 Å². The van der Waals surface area contributed by atoms with Gasteiger partial charge in [-0.05, 0) is 40.1 Å². The van der Waals surface area contributed by atoms with Crippen molar-refractivity contribution in [3.05, 3.63) is 35.4 Å². The van der Waals surface area contributed by atoms with Crippen LogP contribution in [-0.2, 0) is 18.5 Å². The molecule has 0 spiro atoms. The van der Waals surface area contributed by atoms with Gasteiger partial charge in [0.25, 0.3) is 5.91 Å². The molecule has 0 aliphatic heterocycles. The van der Waals surface area contributed by atoms with Crippen molar-refractivity contribution in [3.63, 3.8) is 0 Å². The number of hydrogen-bond acceptors (Lipinski definition) is 6. The zero-order valence-corrected chi connectivity index (χ0v) is 13.6. The molecule has 22 heavy (non-hydrogen) atoms. The second-order valence-corrected chi connectivity index (χ2v) is 5.95. The van der Waals surface area contributed by atoms with Crippen molar-refractivity contribution in [2.24, 2.45) is 0 Å². The van der Waals surface area contributed by atoms with Crippen LogP contribution in [0.1, 0.15) is 48.8 Å². The van der Waals surface area contributed by atoms with E-state index < -0.39 is 5.54 Å². The van der Waals surface area contributed by atoms with Gasteiger partial charge in [-0.3, -0.25) is 4.79 Å². The fourth-order valence-electron chi connectivity index (χ4n) is 1.93. The quantitative estimate of drug-likeness (QED) is 0.878. The van der Waals surface area contributed by atoms with Crippen LogP contribution in [0, 0.1) is 0 Å². The Morgan fingerprint density at radius 1 is 1.36 bits per heavy atom. The van der Waals surface area contributed by atoms with Crippen LogP contribution < -0.4 is 5.32 Å². The van der Waals surface area contributed by atoms with E-state index in [9.17, 15) is 4.79 Å². The molecule has 1 amide bonds.